The fourth-order valence-corrected chi connectivity index (χ4v) is 3.65. The van der Waals surface area contributed by atoms with E-state index in [1.165, 1.54) is 13.2 Å². The van der Waals surface area contributed by atoms with Crippen molar-refractivity contribution < 1.29 is 13.2 Å². The predicted octanol–water partition coefficient (Wildman–Crippen LogP) is 2.30. The van der Waals surface area contributed by atoms with Gasteiger partial charge in [0.15, 0.2) is 0 Å². The molecule has 6 heteroatoms. The van der Waals surface area contributed by atoms with Crippen LogP contribution in [0.25, 0.3) is 0 Å². The second kappa shape index (κ2) is 6.45. The Kier molecular flexibility index (Phi) is 5.42. The van der Waals surface area contributed by atoms with E-state index >= 15 is 0 Å². The number of anilines is 1. The minimum atomic E-state index is -3.65. The molecule has 0 heterocycles. The molecule has 1 rings (SSSR count). The molecule has 1 aromatic carbocycles. The van der Waals surface area contributed by atoms with Crippen LogP contribution >= 0.6 is 0 Å². The van der Waals surface area contributed by atoms with E-state index in [4.69, 9.17) is 10.5 Å². The predicted molar refractivity (Wildman–Crippen MR) is 81.4 cm³/mol. The van der Waals surface area contributed by atoms with Crippen molar-refractivity contribution in [2.75, 3.05) is 12.8 Å². The first-order valence-electron chi connectivity index (χ1n) is 6.69. The van der Waals surface area contributed by atoms with Crippen molar-refractivity contribution in [1.29, 1.82) is 0 Å². The number of nitrogens with two attached hydrogens (primary N) is 1. The zero-order valence-corrected chi connectivity index (χ0v) is 13.5. The maximum Gasteiger partial charge on any atom is 0.244 e. The molecule has 0 aromatic heterocycles. The van der Waals surface area contributed by atoms with Crippen molar-refractivity contribution in [2.45, 2.75) is 45.1 Å². The Balaban J connectivity index is 3.25. The van der Waals surface area contributed by atoms with E-state index in [2.05, 4.69) is 4.72 Å². The normalized spacial score (nSPS) is 13.5. The van der Waals surface area contributed by atoms with Crippen LogP contribution in [0.3, 0.4) is 0 Å². The topological polar surface area (TPSA) is 81.4 Å². The van der Waals surface area contributed by atoms with E-state index in [0.717, 1.165) is 12.0 Å². The lowest BCUT2D eigenvalue weighted by molar-refractivity contribution is 0.399. The van der Waals surface area contributed by atoms with Crippen molar-refractivity contribution in [1.82, 2.24) is 4.72 Å². The van der Waals surface area contributed by atoms with Gasteiger partial charge in [0, 0.05) is 11.7 Å². The Morgan fingerprint density at radius 2 is 1.95 bits per heavy atom. The van der Waals surface area contributed by atoms with Crippen LogP contribution in [0.2, 0.25) is 0 Å². The van der Waals surface area contributed by atoms with Gasteiger partial charge < -0.3 is 10.5 Å². The fourth-order valence-electron chi connectivity index (χ4n) is 2.00. The number of nitrogen functional groups attached to an aromatic ring is 1. The fraction of sp³-hybridized carbons (Fsp3) is 0.571. The molecule has 20 heavy (non-hydrogen) atoms. The van der Waals surface area contributed by atoms with E-state index in [-0.39, 0.29) is 16.9 Å². The number of aryl methyl sites for hydroxylation is 1. The second-order valence-electron chi connectivity index (χ2n) is 5.24. The molecular formula is C14H24N2O3S. The summed E-state index contributed by atoms with van der Waals surface area (Å²) in [7, 11) is -2.21. The van der Waals surface area contributed by atoms with Gasteiger partial charge in [0.25, 0.3) is 0 Å². The molecule has 3 N–H and O–H groups in total. The van der Waals surface area contributed by atoms with Crippen LogP contribution < -0.4 is 15.2 Å². The highest BCUT2D eigenvalue weighted by Crippen LogP contribution is 2.29. The molecule has 0 radical (unpaired) electrons. The lowest BCUT2D eigenvalue weighted by atomic mass is 10.0. The summed E-state index contributed by atoms with van der Waals surface area (Å²) < 4.78 is 32.9. The first kappa shape index (κ1) is 16.8. The van der Waals surface area contributed by atoms with Crippen molar-refractivity contribution in [3.05, 3.63) is 17.7 Å². The summed E-state index contributed by atoms with van der Waals surface area (Å²) in [4.78, 5) is 0.0854. The van der Waals surface area contributed by atoms with Gasteiger partial charge in [0.1, 0.15) is 10.6 Å². The van der Waals surface area contributed by atoms with Gasteiger partial charge in [-0.3, -0.25) is 0 Å². The molecule has 0 fully saturated rings. The molecule has 5 nitrogen and oxygen atoms in total. The number of sulfonamides is 1. The number of hydrogen-bond acceptors (Lipinski definition) is 4. The van der Waals surface area contributed by atoms with E-state index in [1.54, 1.807) is 6.07 Å². The summed E-state index contributed by atoms with van der Waals surface area (Å²) in [5.74, 6) is 0.520. The minimum Gasteiger partial charge on any atom is -0.495 e. The first-order valence-corrected chi connectivity index (χ1v) is 8.17. The van der Waals surface area contributed by atoms with E-state index in [9.17, 15) is 8.42 Å². The highest BCUT2D eigenvalue weighted by atomic mass is 32.2. The molecule has 1 atom stereocenters. The average Bonchev–Trinajstić information content (AvgIpc) is 2.38. The zero-order valence-electron chi connectivity index (χ0n) is 12.7. The largest absolute Gasteiger partial charge is 0.495 e. The molecule has 1 unspecified atom stereocenters. The third kappa shape index (κ3) is 3.64. The summed E-state index contributed by atoms with van der Waals surface area (Å²) in [5.41, 5.74) is 7.04. The smallest absolute Gasteiger partial charge is 0.244 e. The Morgan fingerprint density at radius 1 is 1.35 bits per heavy atom. The number of hydrogen-bond donors (Lipinski definition) is 2. The van der Waals surface area contributed by atoms with E-state index in [1.807, 2.05) is 27.7 Å². The summed E-state index contributed by atoms with van der Waals surface area (Å²) >= 11 is 0. The van der Waals surface area contributed by atoms with Gasteiger partial charge in [0.05, 0.1) is 7.11 Å². The van der Waals surface area contributed by atoms with Crippen LogP contribution in [-0.4, -0.2) is 21.6 Å². The van der Waals surface area contributed by atoms with Gasteiger partial charge in [-0.2, -0.15) is 0 Å². The minimum absolute atomic E-state index is 0.0854. The molecule has 1 aromatic rings. The van der Waals surface area contributed by atoms with E-state index < -0.39 is 10.0 Å². The third-order valence-corrected chi connectivity index (χ3v) is 4.90. The number of rotatable bonds is 6. The number of ether oxygens (including phenoxy) is 1. The average molecular weight is 300 g/mol. The lowest BCUT2D eigenvalue weighted by Crippen LogP contribution is -2.38. The van der Waals surface area contributed by atoms with Gasteiger partial charge in [-0.1, -0.05) is 20.8 Å². The highest BCUT2D eigenvalue weighted by molar-refractivity contribution is 7.89. The molecule has 0 aliphatic rings. The summed E-state index contributed by atoms with van der Waals surface area (Å²) in [6.07, 6.45) is 0.723. The molecule has 0 bridgehead atoms. The molecule has 114 valence electrons. The monoisotopic (exact) mass is 300 g/mol. The van der Waals surface area contributed by atoms with Crippen molar-refractivity contribution in [3.8, 4) is 5.75 Å². The Bertz CT molecular complexity index is 568. The zero-order chi connectivity index (χ0) is 15.5. The second-order valence-corrected chi connectivity index (χ2v) is 6.92. The highest BCUT2D eigenvalue weighted by Gasteiger charge is 2.25. The Hall–Kier alpha value is -1.27. The molecule has 0 aliphatic heterocycles. The maximum atomic E-state index is 12.5. The van der Waals surface area contributed by atoms with Crippen LogP contribution in [0.4, 0.5) is 5.69 Å². The van der Waals surface area contributed by atoms with Crippen LogP contribution in [-0.2, 0) is 10.0 Å². The van der Waals surface area contributed by atoms with E-state index in [0.29, 0.717) is 11.4 Å². The standard InChI is InChI=1S/C14H24N2O3S/c1-6-12(9(2)3)16-20(17,18)14-8-11(15)10(4)7-13(14)19-5/h7-9,12,16H,6,15H2,1-5H3. The van der Waals surface area contributed by atoms with Gasteiger partial charge in [-0.25, -0.2) is 13.1 Å². The quantitative estimate of drug-likeness (QED) is 0.790. The van der Waals surface area contributed by atoms with Gasteiger partial charge in [0.2, 0.25) is 10.0 Å². The van der Waals surface area contributed by atoms with Crippen LogP contribution in [0.1, 0.15) is 32.8 Å². The summed E-state index contributed by atoms with van der Waals surface area (Å²) in [6, 6.07) is 2.97. The number of nitrogens with one attached hydrogen (secondary N) is 1. The molecule has 0 saturated carbocycles. The van der Waals surface area contributed by atoms with Gasteiger partial charge >= 0.3 is 0 Å². The van der Waals surface area contributed by atoms with Crippen LogP contribution in [0.15, 0.2) is 17.0 Å². The Morgan fingerprint density at radius 3 is 2.40 bits per heavy atom. The van der Waals surface area contributed by atoms with Gasteiger partial charge in [-0.15, -0.1) is 0 Å². The third-order valence-electron chi connectivity index (χ3n) is 3.39. The Labute approximate surface area is 121 Å². The molecule has 0 spiro atoms. The molecule has 0 aliphatic carbocycles. The SMILES string of the molecule is CCC(NS(=O)(=O)c1cc(N)c(C)cc1OC)C(C)C. The number of methoxy groups -OCH3 is 1. The summed E-state index contributed by atoms with van der Waals surface area (Å²) in [6.45, 7) is 7.73. The molecule has 0 saturated heterocycles. The van der Waals surface area contributed by atoms with Crippen LogP contribution in [0, 0.1) is 12.8 Å². The summed E-state index contributed by atoms with van der Waals surface area (Å²) in [5, 5.41) is 0. The van der Waals surface area contributed by atoms with Crippen molar-refractivity contribution in [3.63, 3.8) is 0 Å². The lowest BCUT2D eigenvalue weighted by Gasteiger charge is -2.21. The maximum absolute atomic E-state index is 12.5. The van der Waals surface area contributed by atoms with Crippen LogP contribution in [0.5, 0.6) is 5.75 Å². The molecule has 0 amide bonds. The van der Waals surface area contributed by atoms with Crippen molar-refractivity contribution in [2.24, 2.45) is 5.92 Å². The first-order chi connectivity index (χ1) is 9.22. The number of benzene rings is 1. The van der Waals surface area contributed by atoms with Gasteiger partial charge in [-0.05, 0) is 37.0 Å². The molecular weight excluding hydrogens is 276 g/mol. The van der Waals surface area contributed by atoms with Crippen molar-refractivity contribution >= 4 is 15.7 Å².